The summed E-state index contributed by atoms with van der Waals surface area (Å²) >= 11 is 7.69. The minimum atomic E-state index is -3.72. The first-order chi connectivity index (χ1) is 18.1. The van der Waals surface area contributed by atoms with Crippen LogP contribution in [0.15, 0.2) is 65.7 Å². The molecular formula is C27H27ClN4O4S2. The fourth-order valence-corrected chi connectivity index (χ4v) is 7.25. The number of aryl methyl sites for hydroxylation is 1. The van der Waals surface area contributed by atoms with Gasteiger partial charge in [-0.3, -0.25) is 14.7 Å². The number of fused-ring (bicyclic) bond motifs is 1. The molecule has 0 bridgehead atoms. The number of carbonyl (C=O) groups excluding carboxylic acids is 1. The summed E-state index contributed by atoms with van der Waals surface area (Å²) < 4.78 is 34.6. The van der Waals surface area contributed by atoms with Gasteiger partial charge < -0.3 is 4.74 Å². The van der Waals surface area contributed by atoms with Crippen molar-refractivity contribution in [1.29, 1.82) is 0 Å². The van der Waals surface area contributed by atoms with Crippen LogP contribution in [0, 0.1) is 6.92 Å². The molecule has 0 saturated carbocycles. The second-order valence-electron chi connectivity index (χ2n) is 9.33. The van der Waals surface area contributed by atoms with E-state index in [4.69, 9.17) is 21.3 Å². The number of pyridine rings is 1. The van der Waals surface area contributed by atoms with Crippen LogP contribution in [0.1, 0.15) is 35.5 Å². The molecule has 1 amide bonds. The molecule has 38 heavy (non-hydrogen) atoms. The number of halogens is 1. The average Bonchev–Trinajstić information content (AvgIpc) is 3.34. The first-order valence-corrected chi connectivity index (χ1v) is 14.8. The largest absolute Gasteiger partial charge is 0.373 e. The number of thiazole rings is 1. The maximum Gasteiger partial charge on any atom is 0.260 e. The van der Waals surface area contributed by atoms with Crippen molar-refractivity contribution in [3.8, 4) is 0 Å². The Kier molecular flexibility index (Phi) is 7.52. The Morgan fingerprint density at radius 2 is 1.82 bits per heavy atom. The molecule has 0 N–H and O–H groups in total. The molecule has 3 heterocycles. The Morgan fingerprint density at radius 3 is 2.47 bits per heavy atom. The molecule has 0 aliphatic carbocycles. The number of hydrogen-bond acceptors (Lipinski definition) is 7. The van der Waals surface area contributed by atoms with Crippen molar-refractivity contribution < 1.29 is 17.9 Å². The van der Waals surface area contributed by atoms with Gasteiger partial charge in [-0.25, -0.2) is 13.4 Å². The van der Waals surface area contributed by atoms with Gasteiger partial charge in [-0.05, 0) is 74.9 Å². The van der Waals surface area contributed by atoms with E-state index in [1.807, 2.05) is 51.1 Å². The third-order valence-electron chi connectivity index (χ3n) is 6.38. The number of anilines is 1. The van der Waals surface area contributed by atoms with Crippen molar-refractivity contribution in [2.24, 2.45) is 0 Å². The van der Waals surface area contributed by atoms with Gasteiger partial charge in [-0.1, -0.05) is 29.0 Å². The smallest absolute Gasteiger partial charge is 0.260 e. The van der Waals surface area contributed by atoms with E-state index in [-0.39, 0.29) is 42.6 Å². The molecule has 1 fully saturated rings. The van der Waals surface area contributed by atoms with E-state index in [0.717, 1.165) is 15.8 Å². The zero-order chi connectivity index (χ0) is 27.0. The highest BCUT2D eigenvalue weighted by Crippen LogP contribution is 2.35. The highest BCUT2D eigenvalue weighted by molar-refractivity contribution is 7.89. The van der Waals surface area contributed by atoms with Crippen LogP contribution in [0.4, 0.5) is 5.13 Å². The van der Waals surface area contributed by atoms with Crippen LogP contribution in [-0.4, -0.2) is 53.9 Å². The third kappa shape index (κ3) is 5.32. The van der Waals surface area contributed by atoms with Gasteiger partial charge in [0.1, 0.15) is 0 Å². The topological polar surface area (TPSA) is 92.7 Å². The van der Waals surface area contributed by atoms with E-state index in [9.17, 15) is 13.2 Å². The zero-order valence-electron chi connectivity index (χ0n) is 21.2. The Labute approximate surface area is 230 Å². The zero-order valence-corrected chi connectivity index (χ0v) is 23.6. The van der Waals surface area contributed by atoms with Crippen molar-refractivity contribution in [1.82, 2.24) is 14.3 Å². The molecule has 198 valence electrons. The molecule has 1 aliphatic heterocycles. The van der Waals surface area contributed by atoms with E-state index >= 15 is 0 Å². The lowest BCUT2D eigenvalue weighted by atomic mass is 10.2. The number of nitrogens with zero attached hydrogens (tertiary/aromatic N) is 4. The second-order valence-corrected chi connectivity index (χ2v) is 12.7. The van der Waals surface area contributed by atoms with E-state index < -0.39 is 10.0 Å². The number of aromatic nitrogens is 2. The van der Waals surface area contributed by atoms with Crippen molar-refractivity contribution in [2.45, 2.75) is 44.4 Å². The normalized spacial score (nSPS) is 18.5. The summed E-state index contributed by atoms with van der Waals surface area (Å²) in [6.07, 6.45) is 1.29. The Morgan fingerprint density at radius 1 is 1.11 bits per heavy atom. The first kappa shape index (κ1) is 26.7. The van der Waals surface area contributed by atoms with Crippen LogP contribution in [0.5, 0.6) is 0 Å². The fraction of sp³-hybridized carbons (Fsp3) is 0.296. The summed E-state index contributed by atoms with van der Waals surface area (Å²) in [6, 6.07) is 15.3. The first-order valence-electron chi connectivity index (χ1n) is 12.2. The highest BCUT2D eigenvalue weighted by Gasteiger charge is 2.32. The lowest BCUT2D eigenvalue weighted by molar-refractivity contribution is -0.0440. The van der Waals surface area contributed by atoms with Crippen molar-refractivity contribution in [3.05, 3.63) is 82.6 Å². The van der Waals surface area contributed by atoms with Gasteiger partial charge in [-0.2, -0.15) is 4.31 Å². The molecule has 8 nitrogen and oxygen atoms in total. The molecule has 5 rings (SSSR count). The molecular weight excluding hydrogens is 544 g/mol. The molecule has 2 aromatic heterocycles. The number of benzene rings is 2. The van der Waals surface area contributed by atoms with Crippen LogP contribution in [0.3, 0.4) is 0 Å². The molecule has 4 aromatic rings. The van der Waals surface area contributed by atoms with Crippen molar-refractivity contribution >= 4 is 54.2 Å². The van der Waals surface area contributed by atoms with Gasteiger partial charge in [0.2, 0.25) is 10.0 Å². The van der Waals surface area contributed by atoms with Gasteiger partial charge in [0, 0.05) is 29.9 Å². The quantitative estimate of drug-likeness (QED) is 0.312. The minimum Gasteiger partial charge on any atom is -0.373 e. The number of sulfonamides is 1. The second kappa shape index (κ2) is 10.7. The van der Waals surface area contributed by atoms with E-state index in [1.54, 1.807) is 23.2 Å². The number of rotatable bonds is 6. The summed E-state index contributed by atoms with van der Waals surface area (Å²) in [7, 11) is -3.72. The molecule has 1 aliphatic rings. The van der Waals surface area contributed by atoms with Crippen molar-refractivity contribution in [2.75, 3.05) is 18.0 Å². The van der Waals surface area contributed by atoms with Gasteiger partial charge in [0.05, 0.1) is 39.6 Å². The summed E-state index contributed by atoms with van der Waals surface area (Å²) in [5.74, 6) is -0.309. The van der Waals surface area contributed by atoms with Gasteiger partial charge >= 0.3 is 0 Å². The maximum atomic E-state index is 13.8. The number of amides is 1. The molecule has 11 heteroatoms. The van der Waals surface area contributed by atoms with Gasteiger partial charge in [0.15, 0.2) is 5.13 Å². The van der Waals surface area contributed by atoms with E-state index in [0.29, 0.717) is 21.4 Å². The Bertz CT molecular complexity index is 1570. The van der Waals surface area contributed by atoms with E-state index in [1.165, 1.54) is 27.8 Å². The molecule has 0 spiro atoms. The van der Waals surface area contributed by atoms with Crippen LogP contribution in [0.2, 0.25) is 5.02 Å². The molecule has 1 saturated heterocycles. The van der Waals surface area contributed by atoms with E-state index in [2.05, 4.69) is 4.98 Å². The summed E-state index contributed by atoms with van der Waals surface area (Å²) in [5, 5.41) is 1.12. The van der Waals surface area contributed by atoms with Gasteiger partial charge in [0.25, 0.3) is 5.91 Å². The Balaban J connectivity index is 1.47. The lowest BCUT2D eigenvalue weighted by Gasteiger charge is -2.34. The SMILES string of the molecule is Cc1c(Cl)ccc2sc(N(Cc3ccccn3)C(=O)c3ccc(S(=O)(=O)N4CC(C)OC(C)C4)cc3)nc12. The summed E-state index contributed by atoms with van der Waals surface area (Å²) in [5.41, 5.74) is 2.63. The highest BCUT2D eigenvalue weighted by atomic mass is 35.5. The Hall–Kier alpha value is -2.89. The monoisotopic (exact) mass is 570 g/mol. The predicted octanol–water partition coefficient (Wildman–Crippen LogP) is 5.30. The molecule has 0 radical (unpaired) electrons. The fourth-order valence-electron chi connectivity index (χ4n) is 4.49. The van der Waals surface area contributed by atoms with Crippen LogP contribution >= 0.6 is 22.9 Å². The number of morpholine rings is 1. The predicted molar refractivity (Wildman–Crippen MR) is 149 cm³/mol. The number of carbonyl (C=O) groups is 1. The summed E-state index contributed by atoms with van der Waals surface area (Å²) in [6.45, 7) is 6.38. The molecule has 2 atom stereocenters. The van der Waals surface area contributed by atoms with Crippen LogP contribution < -0.4 is 4.90 Å². The third-order valence-corrected chi connectivity index (χ3v) is 9.68. The molecule has 2 unspecified atom stereocenters. The average molecular weight is 571 g/mol. The minimum absolute atomic E-state index is 0.136. The van der Waals surface area contributed by atoms with Crippen molar-refractivity contribution in [3.63, 3.8) is 0 Å². The standard InChI is InChI=1S/C27H27ClN4O4S2/c1-17-14-31(15-18(2)36-17)38(34,35)22-9-7-20(8-10-22)26(33)32(16-21-6-4-5-13-29-21)27-30-25-19(3)23(28)11-12-24(25)37-27/h4-13,17-18H,14-16H2,1-3H3. The summed E-state index contributed by atoms with van der Waals surface area (Å²) in [4.78, 5) is 24.6. The molecule has 2 aromatic carbocycles. The lowest BCUT2D eigenvalue weighted by Crippen LogP contribution is -2.48. The number of hydrogen-bond donors (Lipinski definition) is 0. The van der Waals surface area contributed by atoms with Crippen LogP contribution in [-0.2, 0) is 21.3 Å². The van der Waals surface area contributed by atoms with Crippen LogP contribution in [0.25, 0.3) is 10.2 Å². The number of ether oxygens (including phenoxy) is 1. The van der Waals surface area contributed by atoms with Gasteiger partial charge in [-0.15, -0.1) is 0 Å². The maximum absolute atomic E-state index is 13.8.